The van der Waals surface area contributed by atoms with Crippen molar-refractivity contribution in [2.45, 2.75) is 91.1 Å². The molecule has 0 aromatic heterocycles. The van der Waals surface area contributed by atoms with Crippen LogP contribution in [-0.4, -0.2) is 55.1 Å². The number of aliphatic hydroxyl groups excluding tert-OH is 1. The molecule has 4 nitrogen and oxygen atoms in total. The van der Waals surface area contributed by atoms with E-state index in [9.17, 15) is 0 Å². The van der Waals surface area contributed by atoms with Gasteiger partial charge in [0.25, 0.3) is 8.53 Å². The average molecular weight is 429 g/mol. The van der Waals surface area contributed by atoms with Gasteiger partial charge in [0.2, 0.25) is 1.43 Å². The molecule has 1 atom stereocenters. The van der Waals surface area contributed by atoms with E-state index < -0.39 is 8.53 Å². The largest absolute Gasteiger partial charge is 0.396 e. The summed E-state index contributed by atoms with van der Waals surface area (Å²) in [4.78, 5) is 0. The van der Waals surface area contributed by atoms with Crippen molar-refractivity contribution >= 4 is 30.1 Å². The van der Waals surface area contributed by atoms with Crippen molar-refractivity contribution in [2.24, 2.45) is 0 Å². The van der Waals surface area contributed by atoms with E-state index >= 15 is 0 Å². The number of nitrogens with zero attached hydrogens (tertiary/aromatic N) is 1. The van der Waals surface area contributed by atoms with Crippen LogP contribution in [0.15, 0.2) is 0 Å². The van der Waals surface area contributed by atoms with Crippen LogP contribution in [0.25, 0.3) is 0 Å². The zero-order valence-electron chi connectivity index (χ0n) is 18.6. The molecular formula is C19H42NO3PS2. The molecule has 0 saturated heterocycles. The lowest BCUT2D eigenvalue weighted by Crippen LogP contribution is -2.33. The SMILES string of the molecule is [2H]OCCCCCCSSCCCCCCOP(OC)N(C(C)C)C(C)C. The summed E-state index contributed by atoms with van der Waals surface area (Å²) in [5, 5.41) is 4.32. The van der Waals surface area contributed by atoms with E-state index in [4.69, 9.17) is 10.5 Å². The molecule has 7 heteroatoms. The monoisotopic (exact) mass is 428 g/mol. The molecule has 0 saturated carbocycles. The highest BCUT2D eigenvalue weighted by Crippen LogP contribution is 2.45. The lowest BCUT2D eigenvalue weighted by atomic mass is 10.2. The average Bonchev–Trinajstić information content (AvgIpc) is 2.63. The quantitative estimate of drug-likeness (QED) is 0.136. The van der Waals surface area contributed by atoms with Gasteiger partial charge in [-0.25, -0.2) is 4.67 Å². The molecular weight excluding hydrogens is 385 g/mol. The van der Waals surface area contributed by atoms with Gasteiger partial charge in [-0.05, 0) is 53.4 Å². The second-order valence-electron chi connectivity index (χ2n) is 7.00. The molecule has 0 aliphatic heterocycles. The molecule has 0 aromatic rings. The maximum atomic E-state index is 6.62. The molecule has 26 heavy (non-hydrogen) atoms. The Kier molecular flexibility index (Phi) is 18.6. The van der Waals surface area contributed by atoms with Crippen LogP contribution in [0.2, 0.25) is 0 Å². The van der Waals surface area contributed by atoms with Gasteiger partial charge in [0, 0.05) is 37.3 Å². The fraction of sp³-hybridized carbons (Fsp3) is 1.00. The molecule has 0 radical (unpaired) electrons. The zero-order valence-corrected chi connectivity index (χ0v) is 20.1. The van der Waals surface area contributed by atoms with Gasteiger partial charge < -0.3 is 14.2 Å². The summed E-state index contributed by atoms with van der Waals surface area (Å²) in [5.74, 6) is 2.49. The van der Waals surface area contributed by atoms with E-state index in [1.807, 2.05) is 21.6 Å². The predicted molar refractivity (Wildman–Crippen MR) is 121 cm³/mol. The van der Waals surface area contributed by atoms with Crippen molar-refractivity contribution in [1.82, 2.24) is 4.67 Å². The van der Waals surface area contributed by atoms with E-state index in [1.54, 1.807) is 7.11 Å². The molecule has 0 bridgehead atoms. The number of hydrogen-bond donors (Lipinski definition) is 1. The molecule has 1 N–H and O–H groups in total. The number of hydrogen-bond acceptors (Lipinski definition) is 6. The summed E-state index contributed by atoms with van der Waals surface area (Å²) in [6.45, 7) is 10.2. The van der Waals surface area contributed by atoms with E-state index in [0.717, 1.165) is 19.4 Å². The van der Waals surface area contributed by atoms with Gasteiger partial charge in [0.1, 0.15) is 0 Å². The van der Waals surface area contributed by atoms with Crippen LogP contribution in [0.3, 0.4) is 0 Å². The second-order valence-corrected chi connectivity index (χ2v) is 11.3. The van der Waals surface area contributed by atoms with E-state index in [2.05, 4.69) is 37.5 Å². The molecule has 0 aromatic carbocycles. The maximum absolute atomic E-state index is 6.62. The first-order valence-corrected chi connectivity index (χ1v) is 13.7. The third-order valence-corrected chi connectivity index (χ3v) is 8.53. The molecule has 0 aliphatic rings. The third kappa shape index (κ3) is 15.0. The van der Waals surface area contributed by atoms with Gasteiger partial charge in [-0.3, -0.25) is 0 Å². The highest BCUT2D eigenvalue weighted by molar-refractivity contribution is 8.76. The number of aliphatic hydroxyl groups is 1. The molecule has 0 spiro atoms. The Balaban J connectivity index is 3.46. The molecule has 0 rings (SSSR count). The Bertz CT molecular complexity index is 311. The smallest absolute Gasteiger partial charge is 0.258 e. The summed E-state index contributed by atoms with van der Waals surface area (Å²) >= 11 is 0. The van der Waals surface area contributed by atoms with Crippen molar-refractivity contribution in [3.63, 3.8) is 0 Å². The molecule has 0 amide bonds. The van der Waals surface area contributed by atoms with Crippen molar-refractivity contribution < 1.29 is 14.2 Å². The lowest BCUT2D eigenvalue weighted by Gasteiger charge is -2.34. The standard InChI is InChI=1S/C19H42NO3PS2/c1-18(2)20(19(3)4)24(22-5)23-15-11-7-9-13-17-26-25-16-12-8-6-10-14-21/h18-19,21H,6-17H2,1-5H3/i21D. The fourth-order valence-corrected chi connectivity index (χ4v) is 6.44. The Hall–Kier alpha value is 0.970. The van der Waals surface area contributed by atoms with Crippen LogP contribution in [-0.2, 0) is 9.05 Å². The topological polar surface area (TPSA) is 41.9 Å². The predicted octanol–water partition coefficient (Wildman–Crippen LogP) is 6.49. The Morgan fingerprint density at radius 1 is 0.885 bits per heavy atom. The summed E-state index contributed by atoms with van der Waals surface area (Å²) < 4.78 is 20.6. The zero-order chi connectivity index (χ0) is 20.3. The van der Waals surface area contributed by atoms with Crippen LogP contribution in [0.5, 0.6) is 0 Å². The Morgan fingerprint density at radius 2 is 1.42 bits per heavy atom. The van der Waals surface area contributed by atoms with Crippen molar-refractivity contribution in [3.8, 4) is 0 Å². The van der Waals surface area contributed by atoms with Crippen LogP contribution in [0, 0.1) is 0 Å². The minimum atomic E-state index is -0.933. The first-order valence-electron chi connectivity index (χ1n) is 10.5. The molecule has 0 heterocycles. The van der Waals surface area contributed by atoms with E-state index in [1.165, 1.54) is 50.0 Å². The van der Waals surface area contributed by atoms with E-state index in [0.29, 0.717) is 18.7 Å². The van der Waals surface area contributed by atoms with Gasteiger partial charge in [-0.1, -0.05) is 47.3 Å². The minimum Gasteiger partial charge on any atom is -0.396 e. The minimum absolute atomic E-state index is 0.433. The summed E-state index contributed by atoms with van der Waals surface area (Å²) in [5.41, 5.74) is 0. The van der Waals surface area contributed by atoms with Gasteiger partial charge >= 0.3 is 0 Å². The summed E-state index contributed by atoms with van der Waals surface area (Å²) in [6, 6.07) is 0.866. The normalized spacial score (nSPS) is 13.8. The van der Waals surface area contributed by atoms with Crippen LogP contribution < -0.4 is 0 Å². The first-order chi connectivity index (χ1) is 13.0. The van der Waals surface area contributed by atoms with Gasteiger partial charge in [-0.15, -0.1) is 0 Å². The third-order valence-electron chi connectivity index (χ3n) is 3.93. The summed E-state index contributed by atoms with van der Waals surface area (Å²) in [7, 11) is 4.84. The van der Waals surface area contributed by atoms with Crippen LogP contribution in [0.1, 0.15) is 79.1 Å². The second kappa shape index (κ2) is 19.3. The Morgan fingerprint density at radius 3 is 1.92 bits per heavy atom. The molecule has 0 aliphatic carbocycles. The van der Waals surface area contributed by atoms with Gasteiger partial charge in [-0.2, -0.15) is 0 Å². The molecule has 158 valence electrons. The highest BCUT2D eigenvalue weighted by Gasteiger charge is 2.25. The van der Waals surface area contributed by atoms with Gasteiger partial charge in [0.15, 0.2) is 0 Å². The highest BCUT2D eigenvalue weighted by atomic mass is 33.1. The van der Waals surface area contributed by atoms with Crippen molar-refractivity contribution in [1.29, 1.82) is 1.43 Å². The first kappa shape index (κ1) is 25.0. The van der Waals surface area contributed by atoms with Crippen molar-refractivity contribution in [2.75, 3.05) is 31.8 Å². The lowest BCUT2D eigenvalue weighted by molar-refractivity contribution is 0.192. The van der Waals surface area contributed by atoms with Crippen molar-refractivity contribution in [3.05, 3.63) is 0 Å². The molecule has 1 unspecified atom stereocenters. The number of rotatable bonds is 20. The fourth-order valence-electron chi connectivity index (χ4n) is 2.68. The maximum Gasteiger partial charge on any atom is 0.258 e. The summed E-state index contributed by atoms with van der Waals surface area (Å²) in [6.07, 6.45) is 9.67. The van der Waals surface area contributed by atoms with Gasteiger partial charge in [0.05, 0.1) is 6.61 Å². The van der Waals surface area contributed by atoms with E-state index in [-0.39, 0.29) is 0 Å². The van der Waals surface area contributed by atoms with Crippen LogP contribution >= 0.6 is 30.1 Å². The number of unbranched alkanes of at least 4 members (excludes halogenated alkanes) is 6. The Labute approximate surface area is 173 Å². The molecule has 0 fully saturated rings. The van der Waals surface area contributed by atoms with Crippen LogP contribution in [0.4, 0.5) is 0 Å².